The van der Waals surface area contributed by atoms with Crippen molar-refractivity contribution in [3.63, 3.8) is 0 Å². The standard InChI is InChI=1S/C13H18BrN/c1-12(2)8-15-13(3,4)10-6-5-9(14)7-11(10)12/h5-7,15H,8H2,1-4H3. The lowest BCUT2D eigenvalue weighted by Crippen LogP contribution is -2.50. The molecule has 1 N–H and O–H groups in total. The number of fused-ring (bicyclic) bond motifs is 1. The Labute approximate surface area is 100 Å². The van der Waals surface area contributed by atoms with Gasteiger partial charge in [-0.15, -0.1) is 0 Å². The van der Waals surface area contributed by atoms with Crippen molar-refractivity contribution in [3.8, 4) is 0 Å². The molecule has 0 saturated heterocycles. The van der Waals surface area contributed by atoms with E-state index in [0.717, 1.165) is 6.54 Å². The Kier molecular flexibility index (Phi) is 2.47. The third-order valence-corrected chi connectivity index (χ3v) is 3.85. The van der Waals surface area contributed by atoms with Crippen LogP contribution in [0.4, 0.5) is 0 Å². The van der Waals surface area contributed by atoms with E-state index in [-0.39, 0.29) is 11.0 Å². The van der Waals surface area contributed by atoms with Gasteiger partial charge in [-0.3, -0.25) is 0 Å². The summed E-state index contributed by atoms with van der Waals surface area (Å²) in [6, 6.07) is 6.62. The predicted octanol–water partition coefficient (Wildman–Crippen LogP) is 3.57. The summed E-state index contributed by atoms with van der Waals surface area (Å²) in [4.78, 5) is 0. The van der Waals surface area contributed by atoms with E-state index in [1.165, 1.54) is 15.6 Å². The van der Waals surface area contributed by atoms with Crippen molar-refractivity contribution in [2.75, 3.05) is 6.54 Å². The Bertz CT molecular complexity index is 394. The fourth-order valence-corrected chi connectivity index (χ4v) is 2.61. The number of nitrogens with one attached hydrogen (secondary N) is 1. The minimum Gasteiger partial charge on any atom is -0.307 e. The lowest BCUT2D eigenvalue weighted by molar-refractivity contribution is 0.307. The minimum atomic E-state index is 0.0888. The molecular formula is C13H18BrN. The Morgan fingerprint density at radius 1 is 1.13 bits per heavy atom. The van der Waals surface area contributed by atoms with Gasteiger partial charge in [0.1, 0.15) is 0 Å². The fraction of sp³-hybridized carbons (Fsp3) is 0.538. The fourth-order valence-electron chi connectivity index (χ4n) is 2.25. The molecular weight excluding hydrogens is 250 g/mol. The van der Waals surface area contributed by atoms with Crippen molar-refractivity contribution in [3.05, 3.63) is 33.8 Å². The van der Waals surface area contributed by atoms with Gasteiger partial charge in [0, 0.05) is 22.0 Å². The van der Waals surface area contributed by atoms with Crippen LogP contribution < -0.4 is 5.32 Å². The third kappa shape index (κ3) is 1.85. The topological polar surface area (TPSA) is 12.0 Å². The number of rotatable bonds is 0. The molecule has 1 nitrogen and oxygen atoms in total. The highest BCUT2D eigenvalue weighted by Crippen LogP contribution is 2.38. The quantitative estimate of drug-likeness (QED) is 0.758. The highest BCUT2D eigenvalue weighted by atomic mass is 79.9. The van der Waals surface area contributed by atoms with Crippen LogP contribution in [0.3, 0.4) is 0 Å². The Balaban J connectivity index is 2.64. The molecule has 1 aromatic carbocycles. The summed E-state index contributed by atoms with van der Waals surface area (Å²) in [7, 11) is 0. The van der Waals surface area contributed by atoms with Crippen molar-refractivity contribution >= 4 is 15.9 Å². The smallest absolute Gasteiger partial charge is 0.0380 e. The van der Waals surface area contributed by atoms with Gasteiger partial charge in [-0.05, 0) is 37.1 Å². The lowest BCUT2D eigenvalue weighted by Gasteiger charge is -2.42. The summed E-state index contributed by atoms with van der Waals surface area (Å²) < 4.78 is 1.17. The third-order valence-electron chi connectivity index (χ3n) is 3.36. The summed E-state index contributed by atoms with van der Waals surface area (Å²) in [6.07, 6.45) is 0. The molecule has 1 heterocycles. The van der Waals surface area contributed by atoms with Crippen molar-refractivity contribution in [1.29, 1.82) is 0 Å². The van der Waals surface area contributed by atoms with Crippen LogP contribution in [0.25, 0.3) is 0 Å². The summed E-state index contributed by atoms with van der Waals surface area (Å²) in [5.41, 5.74) is 3.18. The molecule has 0 aromatic heterocycles. The van der Waals surface area contributed by atoms with Crippen LogP contribution in [0.2, 0.25) is 0 Å². The molecule has 0 fully saturated rings. The molecule has 15 heavy (non-hydrogen) atoms. The van der Waals surface area contributed by atoms with Gasteiger partial charge in [0.05, 0.1) is 0 Å². The normalized spacial score (nSPS) is 22.2. The first-order chi connectivity index (χ1) is 6.83. The molecule has 82 valence electrons. The van der Waals surface area contributed by atoms with Gasteiger partial charge in [0.2, 0.25) is 0 Å². The van der Waals surface area contributed by atoms with Gasteiger partial charge in [-0.2, -0.15) is 0 Å². The van der Waals surface area contributed by atoms with Gasteiger partial charge in [-0.1, -0.05) is 35.8 Å². The van der Waals surface area contributed by atoms with E-state index in [9.17, 15) is 0 Å². The molecule has 0 bridgehead atoms. The second-order valence-corrected chi connectivity index (χ2v) is 6.47. The van der Waals surface area contributed by atoms with E-state index < -0.39 is 0 Å². The first-order valence-corrected chi connectivity index (χ1v) is 6.18. The molecule has 1 aliphatic heterocycles. The number of halogens is 1. The average molecular weight is 268 g/mol. The Morgan fingerprint density at radius 3 is 2.47 bits per heavy atom. The van der Waals surface area contributed by atoms with Gasteiger partial charge >= 0.3 is 0 Å². The number of benzene rings is 1. The van der Waals surface area contributed by atoms with Gasteiger partial charge in [0.25, 0.3) is 0 Å². The SMILES string of the molecule is CC1(C)CNC(C)(C)c2ccc(Br)cc21. The number of hydrogen-bond donors (Lipinski definition) is 1. The van der Waals surface area contributed by atoms with Crippen LogP contribution in [0.15, 0.2) is 22.7 Å². The van der Waals surface area contributed by atoms with Crippen LogP contribution in [-0.4, -0.2) is 6.54 Å². The highest BCUT2D eigenvalue weighted by molar-refractivity contribution is 9.10. The van der Waals surface area contributed by atoms with Crippen LogP contribution in [0.5, 0.6) is 0 Å². The zero-order chi connectivity index (χ0) is 11.3. The van der Waals surface area contributed by atoms with Gasteiger partial charge < -0.3 is 5.32 Å². The van der Waals surface area contributed by atoms with Crippen molar-refractivity contribution in [2.45, 2.75) is 38.6 Å². The van der Waals surface area contributed by atoms with Crippen molar-refractivity contribution in [2.24, 2.45) is 0 Å². The van der Waals surface area contributed by atoms with E-state index >= 15 is 0 Å². The zero-order valence-corrected chi connectivity index (χ0v) is 11.4. The molecule has 1 aromatic rings. The average Bonchev–Trinajstić information content (AvgIpc) is 2.13. The minimum absolute atomic E-state index is 0.0888. The second-order valence-electron chi connectivity index (χ2n) is 5.55. The number of hydrogen-bond acceptors (Lipinski definition) is 1. The van der Waals surface area contributed by atoms with Crippen LogP contribution >= 0.6 is 15.9 Å². The largest absolute Gasteiger partial charge is 0.307 e. The van der Waals surface area contributed by atoms with Crippen molar-refractivity contribution in [1.82, 2.24) is 5.32 Å². The van der Waals surface area contributed by atoms with E-state index in [0.29, 0.717) is 0 Å². The van der Waals surface area contributed by atoms with Crippen LogP contribution in [-0.2, 0) is 11.0 Å². The molecule has 0 amide bonds. The maximum absolute atomic E-state index is 3.61. The first-order valence-electron chi connectivity index (χ1n) is 5.38. The molecule has 0 radical (unpaired) electrons. The maximum atomic E-state index is 3.61. The zero-order valence-electron chi connectivity index (χ0n) is 9.82. The predicted molar refractivity (Wildman–Crippen MR) is 68.2 cm³/mol. The highest BCUT2D eigenvalue weighted by Gasteiger charge is 2.36. The van der Waals surface area contributed by atoms with E-state index in [4.69, 9.17) is 0 Å². The van der Waals surface area contributed by atoms with E-state index in [1.807, 2.05) is 0 Å². The van der Waals surface area contributed by atoms with Crippen molar-refractivity contribution < 1.29 is 0 Å². The molecule has 0 spiro atoms. The maximum Gasteiger partial charge on any atom is 0.0380 e. The molecule has 2 rings (SSSR count). The molecule has 0 unspecified atom stereocenters. The molecule has 0 atom stereocenters. The van der Waals surface area contributed by atoms with E-state index in [1.54, 1.807) is 0 Å². The summed E-state index contributed by atoms with van der Waals surface area (Å²) in [5, 5.41) is 3.61. The van der Waals surface area contributed by atoms with Crippen LogP contribution in [0.1, 0.15) is 38.8 Å². The monoisotopic (exact) mass is 267 g/mol. The summed E-state index contributed by atoms with van der Waals surface area (Å²) in [6.45, 7) is 10.1. The second kappa shape index (κ2) is 3.33. The molecule has 0 aliphatic carbocycles. The van der Waals surface area contributed by atoms with Crippen LogP contribution in [0, 0.1) is 0 Å². The van der Waals surface area contributed by atoms with E-state index in [2.05, 4.69) is 67.1 Å². The Hall–Kier alpha value is -0.340. The van der Waals surface area contributed by atoms with Gasteiger partial charge in [0.15, 0.2) is 0 Å². The van der Waals surface area contributed by atoms with Gasteiger partial charge in [-0.25, -0.2) is 0 Å². The molecule has 1 aliphatic rings. The first kappa shape index (κ1) is 11.2. The lowest BCUT2D eigenvalue weighted by atomic mass is 9.73. The molecule has 0 saturated carbocycles. The Morgan fingerprint density at radius 2 is 1.80 bits per heavy atom. The molecule has 2 heteroatoms. The summed E-state index contributed by atoms with van der Waals surface area (Å²) in [5.74, 6) is 0. The summed E-state index contributed by atoms with van der Waals surface area (Å²) >= 11 is 3.56.